The summed E-state index contributed by atoms with van der Waals surface area (Å²) in [4.78, 5) is 28.1. The lowest BCUT2D eigenvalue weighted by atomic mass is 10.0. The highest BCUT2D eigenvalue weighted by Crippen LogP contribution is 2.22. The van der Waals surface area contributed by atoms with E-state index >= 15 is 0 Å². The van der Waals surface area contributed by atoms with Crippen molar-refractivity contribution in [2.75, 3.05) is 25.0 Å². The maximum atomic E-state index is 13.4. The van der Waals surface area contributed by atoms with E-state index in [1.54, 1.807) is 20.8 Å². The van der Waals surface area contributed by atoms with Crippen LogP contribution in [0.15, 0.2) is 67.3 Å². The van der Waals surface area contributed by atoms with Crippen molar-refractivity contribution in [1.29, 1.82) is 5.41 Å². The number of esters is 1. The molecule has 2 aromatic carbocycles. The second-order valence-corrected chi connectivity index (χ2v) is 12.0. The van der Waals surface area contributed by atoms with Crippen LogP contribution in [0.2, 0.25) is 0 Å². The maximum absolute atomic E-state index is 13.4. The van der Waals surface area contributed by atoms with E-state index < -0.39 is 23.7 Å². The highest BCUT2D eigenvalue weighted by atomic mass is 16.6. The largest absolute Gasteiger partial charge is 0.488 e. The molecule has 0 aromatic heterocycles. The van der Waals surface area contributed by atoms with Crippen molar-refractivity contribution in [3.05, 3.63) is 72.8 Å². The smallest absolute Gasteiger partial charge is 0.411 e. The third-order valence-electron chi connectivity index (χ3n) is 5.82. The molecule has 0 radical (unpaired) electrons. The zero-order valence-electron chi connectivity index (χ0n) is 26.0. The average molecular weight is 581 g/mol. The van der Waals surface area contributed by atoms with Crippen LogP contribution in [-0.4, -0.2) is 59.9 Å². The molecule has 2 aromatic rings. The number of anilines is 1. The molecule has 0 heterocycles. The molecule has 0 saturated carbocycles. The molecule has 0 unspecified atom stereocenters. The van der Waals surface area contributed by atoms with Gasteiger partial charge in [-0.15, -0.1) is 0 Å². The van der Waals surface area contributed by atoms with Gasteiger partial charge in [0.25, 0.3) is 0 Å². The van der Waals surface area contributed by atoms with Gasteiger partial charge in [-0.05, 0) is 90.6 Å². The Bertz CT molecular complexity index is 1140. The molecule has 9 nitrogen and oxygen atoms in total. The fraction of sp³-hybridized carbons (Fsp3) is 0.485. The summed E-state index contributed by atoms with van der Waals surface area (Å²) < 4.78 is 17.1. The van der Waals surface area contributed by atoms with E-state index in [-0.39, 0.29) is 24.6 Å². The molecule has 9 heteroatoms. The van der Waals surface area contributed by atoms with E-state index in [0.717, 1.165) is 29.8 Å². The van der Waals surface area contributed by atoms with Crippen LogP contribution >= 0.6 is 0 Å². The zero-order chi connectivity index (χ0) is 31.2. The summed E-state index contributed by atoms with van der Waals surface area (Å²) in [7, 11) is 0. The van der Waals surface area contributed by atoms with E-state index in [4.69, 9.17) is 19.6 Å². The van der Waals surface area contributed by atoms with E-state index in [2.05, 4.69) is 17.2 Å². The predicted octanol–water partition coefficient (Wildman–Crippen LogP) is 6.55. The van der Waals surface area contributed by atoms with Gasteiger partial charge < -0.3 is 24.8 Å². The summed E-state index contributed by atoms with van der Waals surface area (Å²) in [6, 6.07) is 16.2. The minimum Gasteiger partial charge on any atom is -0.488 e. The lowest BCUT2D eigenvalue weighted by Crippen LogP contribution is -2.49. The van der Waals surface area contributed by atoms with Gasteiger partial charge in [-0.2, -0.15) is 0 Å². The van der Waals surface area contributed by atoms with Crippen LogP contribution in [0, 0.1) is 5.41 Å². The highest BCUT2D eigenvalue weighted by molar-refractivity contribution is 5.91. The summed E-state index contributed by atoms with van der Waals surface area (Å²) in [6.07, 6.45) is 3.39. The summed E-state index contributed by atoms with van der Waals surface area (Å²) in [6.45, 7) is 15.9. The summed E-state index contributed by atoms with van der Waals surface area (Å²) >= 11 is 0. The molecule has 2 rings (SSSR count). The minimum atomic E-state index is -0.879. The number of hydrogen-bond acceptors (Lipinski definition) is 6. The first-order chi connectivity index (χ1) is 19.8. The van der Waals surface area contributed by atoms with Crippen molar-refractivity contribution in [2.45, 2.75) is 84.5 Å². The van der Waals surface area contributed by atoms with Gasteiger partial charge in [0, 0.05) is 25.2 Å². The Morgan fingerprint density at radius 2 is 1.62 bits per heavy atom. The zero-order valence-corrected chi connectivity index (χ0v) is 26.0. The maximum Gasteiger partial charge on any atom is 0.411 e. The van der Waals surface area contributed by atoms with Crippen molar-refractivity contribution in [1.82, 2.24) is 10.2 Å². The van der Waals surface area contributed by atoms with Crippen LogP contribution in [0.5, 0.6) is 5.75 Å². The van der Waals surface area contributed by atoms with E-state index in [0.29, 0.717) is 19.5 Å². The average Bonchev–Trinajstić information content (AvgIpc) is 2.90. The Kier molecular flexibility index (Phi) is 13.4. The number of para-hydroxylation sites is 1. The van der Waals surface area contributed by atoms with Crippen molar-refractivity contribution in [2.24, 2.45) is 0 Å². The normalized spacial score (nSPS) is 12.0. The molecule has 0 aliphatic carbocycles. The standard InChI is InChI=1S/C33H48N4O5/c1-8-23-40-29(38)28(24-25-17-19-27(20-18-25)41-32(2,3)4)37(31(39)42-33(5,6)7)22-14-10-13-21-35-30(34)36-26-15-11-9-12-16-26/h8-9,11-12,15-20,28H,1,10,13-14,21-24H2,2-7H3,(H3,34,35,36)/t28-/m0/s1. The summed E-state index contributed by atoms with van der Waals surface area (Å²) in [5.41, 5.74) is 0.639. The van der Waals surface area contributed by atoms with Crippen molar-refractivity contribution >= 4 is 23.7 Å². The predicted molar refractivity (Wildman–Crippen MR) is 168 cm³/mol. The Hall–Kier alpha value is -4.01. The minimum absolute atomic E-state index is 0.0461. The van der Waals surface area contributed by atoms with Crippen LogP contribution in [-0.2, 0) is 20.7 Å². The summed E-state index contributed by atoms with van der Waals surface area (Å²) in [5, 5.41) is 14.1. The third kappa shape index (κ3) is 13.6. The van der Waals surface area contributed by atoms with Crippen LogP contribution in [0.3, 0.4) is 0 Å². The molecule has 230 valence electrons. The lowest BCUT2D eigenvalue weighted by molar-refractivity contribution is -0.148. The topological polar surface area (TPSA) is 113 Å². The molecule has 0 fully saturated rings. The first-order valence-corrected chi connectivity index (χ1v) is 14.5. The number of nitrogens with one attached hydrogen (secondary N) is 3. The molecule has 0 aliphatic heterocycles. The number of carbonyl (C=O) groups excluding carboxylic acids is 2. The van der Waals surface area contributed by atoms with Gasteiger partial charge in [-0.1, -0.05) is 43.0 Å². The number of carbonyl (C=O) groups is 2. The highest BCUT2D eigenvalue weighted by Gasteiger charge is 2.34. The Morgan fingerprint density at radius 3 is 2.21 bits per heavy atom. The Balaban J connectivity index is 2.08. The van der Waals surface area contributed by atoms with Gasteiger partial charge >= 0.3 is 12.1 Å². The second-order valence-electron chi connectivity index (χ2n) is 12.0. The molecular formula is C33H48N4O5. The molecule has 0 bridgehead atoms. The number of rotatable bonds is 14. The van der Waals surface area contributed by atoms with Crippen molar-refractivity contribution in [3.63, 3.8) is 0 Å². The number of hydrogen-bond donors (Lipinski definition) is 3. The molecule has 0 spiro atoms. The van der Waals surface area contributed by atoms with Crippen LogP contribution < -0.4 is 15.4 Å². The first-order valence-electron chi connectivity index (χ1n) is 14.5. The number of guanidine groups is 1. The van der Waals surface area contributed by atoms with Gasteiger partial charge in [0.2, 0.25) is 0 Å². The molecule has 42 heavy (non-hydrogen) atoms. The molecule has 0 aliphatic rings. The van der Waals surface area contributed by atoms with Crippen molar-refractivity contribution in [3.8, 4) is 5.75 Å². The Morgan fingerprint density at radius 1 is 0.952 bits per heavy atom. The van der Waals surface area contributed by atoms with Crippen molar-refractivity contribution < 1.29 is 23.8 Å². The van der Waals surface area contributed by atoms with Gasteiger partial charge in [0.05, 0.1) is 0 Å². The molecular weight excluding hydrogens is 532 g/mol. The SMILES string of the molecule is C=CCOC(=O)[C@H](Cc1ccc(OC(C)(C)C)cc1)N(CCCCCNC(=N)Nc1ccccc1)C(=O)OC(C)(C)C. The molecule has 0 saturated heterocycles. The summed E-state index contributed by atoms with van der Waals surface area (Å²) in [5.74, 6) is 0.431. The van der Waals surface area contributed by atoms with Gasteiger partial charge in [0.15, 0.2) is 5.96 Å². The van der Waals surface area contributed by atoms with Crippen LogP contribution in [0.1, 0.15) is 66.4 Å². The Labute approximate surface area is 251 Å². The second kappa shape index (κ2) is 16.4. The van der Waals surface area contributed by atoms with Gasteiger partial charge in [-0.3, -0.25) is 10.3 Å². The molecule has 1 amide bonds. The number of ether oxygens (including phenoxy) is 3. The number of nitrogens with zero attached hydrogens (tertiary/aromatic N) is 1. The van der Waals surface area contributed by atoms with E-state index in [1.165, 1.54) is 11.0 Å². The fourth-order valence-corrected chi connectivity index (χ4v) is 4.03. The van der Waals surface area contributed by atoms with Crippen LogP contribution in [0.4, 0.5) is 10.5 Å². The number of benzene rings is 2. The number of amides is 1. The van der Waals surface area contributed by atoms with Gasteiger partial charge in [-0.25, -0.2) is 9.59 Å². The van der Waals surface area contributed by atoms with E-state index in [1.807, 2.05) is 75.4 Å². The molecule has 3 N–H and O–H groups in total. The molecule has 1 atom stereocenters. The van der Waals surface area contributed by atoms with Gasteiger partial charge in [0.1, 0.15) is 29.6 Å². The quantitative estimate of drug-likeness (QED) is 0.0764. The van der Waals surface area contributed by atoms with Crippen LogP contribution in [0.25, 0.3) is 0 Å². The first kappa shape index (κ1) is 34.2. The fourth-order valence-electron chi connectivity index (χ4n) is 4.03. The third-order valence-corrected chi connectivity index (χ3v) is 5.82. The lowest BCUT2D eigenvalue weighted by Gasteiger charge is -2.32. The monoisotopic (exact) mass is 580 g/mol. The van der Waals surface area contributed by atoms with E-state index in [9.17, 15) is 9.59 Å². The number of unbranched alkanes of at least 4 members (excludes halogenated alkanes) is 2.